The Bertz CT molecular complexity index is 967. The first-order chi connectivity index (χ1) is 9.63. The maximum atomic E-state index is 12.0. The lowest BCUT2D eigenvalue weighted by Crippen LogP contribution is -2.07. The normalized spacial score (nSPS) is 10.7. The van der Waals surface area contributed by atoms with Gasteiger partial charge in [0.1, 0.15) is 5.65 Å². The summed E-state index contributed by atoms with van der Waals surface area (Å²) in [5.74, 6) is -0.875. The molecule has 10 heteroatoms. The van der Waals surface area contributed by atoms with Crippen LogP contribution in [0.2, 0.25) is 0 Å². The fraction of sp³-hybridized carbons (Fsp3) is 0. The summed E-state index contributed by atoms with van der Waals surface area (Å²) in [5.41, 5.74) is 8.53. The number of rotatable bonds is 1. The number of nitrogens with zero attached hydrogens (tertiary/aromatic N) is 5. The molecular formula is C10H4BrN7O2. The standard InChI is InChI=1S/C10H4BrN7O2/c11-6-4(9(19)17-18-12)3-1-13-7-5(3)8(15-2-14-7)16-10(6)20/h1-2H,(H2,13,14,15,16,20). The van der Waals surface area contributed by atoms with Gasteiger partial charge in [0.25, 0.3) is 11.5 Å². The second-order valence-electron chi connectivity index (χ2n) is 3.79. The molecule has 0 aliphatic heterocycles. The molecule has 3 rings (SSSR count). The monoisotopic (exact) mass is 333 g/mol. The maximum Gasteiger partial charge on any atom is 0.264 e. The van der Waals surface area contributed by atoms with E-state index in [9.17, 15) is 9.59 Å². The molecule has 0 saturated heterocycles. The number of aromatic amines is 2. The fourth-order valence-corrected chi connectivity index (χ4v) is 2.42. The van der Waals surface area contributed by atoms with Crippen molar-refractivity contribution in [2.45, 2.75) is 0 Å². The second kappa shape index (κ2) is 4.44. The van der Waals surface area contributed by atoms with Crippen molar-refractivity contribution in [3.8, 4) is 0 Å². The van der Waals surface area contributed by atoms with Crippen LogP contribution in [0.4, 0.5) is 0 Å². The van der Waals surface area contributed by atoms with Crippen molar-refractivity contribution in [1.82, 2.24) is 19.9 Å². The van der Waals surface area contributed by atoms with E-state index in [1.165, 1.54) is 12.5 Å². The number of hydrogen-bond donors (Lipinski definition) is 2. The highest BCUT2D eigenvalue weighted by Crippen LogP contribution is 2.27. The molecular weight excluding hydrogens is 330 g/mol. The molecule has 0 spiro atoms. The van der Waals surface area contributed by atoms with Crippen LogP contribution in [0.1, 0.15) is 10.4 Å². The summed E-state index contributed by atoms with van der Waals surface area (Å²) in [6, 6.07) is 0. The van der Waals surface area contributed by atoms with E-state index in [0.717, 1.165) is 0 Å². The van der Waals surface area contributed by atoms with E-state index in [-0.39, 0.29) is 10.0 Å². The van der Waals surface area contributed by atoms with Gasteiger partial charge in [0.2, 0.25) is 0 Å². The van der Waals surface area contributed by atoms with Crippen molar-refractivity contribution in [3.63, 3.8) is 0 Å². The number of hydrogen-bond acceptors (Lipinski definition) is 4. The highest BCUT2D eigenvalue weighted by Gasteiger charge is 2.19. The third-order valence-corrected chi connectivity index (χ3v) is 3.49. The van der Waals surface area contributed by atoms with Gasteiger partial charge >= 0.3 is 0 Å². The third kappa shape index (κ3) is 1.67. The molecule has 0 bridgehead atoms. The molecule has 0 radical (unpaired) electrons. The quantitative estimate of drug-likeness (QED) is 0.399. The topological polar surface area (TPSA) is 140 Å². The van der Waals surface area contributed by atoms with Gasteiger partial charge in [-0.3, -0.25) is 9.59 Å². The first-order valence-electron chi connectivity index (χ1n) is 5.26. The third-order valence-electron chi connectivity index (χ3n) is 2.73. The minimum Gasteiger partial charge on any atom is -0.332 e. The zero-order valence-electron chi connectivity index (χ0n) is 9.59. The van der Waals surface area contributed by atoms with Crippen LogP contribution >= 0.6 is 15.9 Å². The summed E-state index contributed by atoms with van der Waals surface area (Å²) in [6.45, 7) is 0. The van der Waals surface area contributed by atoms with E-state index < -0.39 is 11.5 Å². The predicted octanol–water partition coefficient (Wildman–Crippen LogP) is 2.01. The summed E-state index contributed by atoms with van der Waals surface area (Å²) >= 11 is 3.05. The van der Waals surface area contributed by atoms with Crippen LogP contribution in [0.25, 0.3) is 32.5 Å². The van der Waals surface area contributed by atoms with Gasteiger partial charge in [-0.05, 0) is 26.6 Å². The Morgan fingerprint density at radius 3 is 3.00 bits per heavy atom. The van der Waals surface area contributed by atoms with Crippen LogP contribution in [0.15, 0.2) is 26.9 Å². The number of H-pyrrole nitrogens is 2. The molecule has 2 N–H and O–H groups in total. The van der Waals surface area contributed by atoms with E-state index in [0.29, 0.717) is 22.1 Å². The Kier molecular flexibility index (Phi) is 2.74. The van der Waals surface area contributed by atoms with E-state index >= 15 is 0 Å². The number of carbonyl (C=O) groups is 1. The number of amides is 1. The molecule has 9 nitrogen and oxygen atoms in total. The minimum atomic E-state index is -0.875. The molecule has 0 atom stereocenters. The molecule has 0 unspecified atom stereocenters. The summed E-state index contributed by atoms with van der Waals surface area (Å²) < 4.78 is -0.0335. The summed E-state index contributed by atoms with van der Waals surface area (Å²) in [4.78, 5) is 39.8. The SMILES string of the molecule is [N-]=[N+]=NC(=O)c1c(Br)c(=O)[nH]c2[nH]cnc3ncc1c32. The largest absolute Gasteiger partial charge is 0.332 e. The molecule has 1 amide bonds. The van der Waals surface area contributed by atoms with Crippen molar-refractivity contribution < 1.29 is 4.79 Å². The molecule has 0 aliphatic carbocycles. The first-order valence-corrected chi connectivity index (χ1v) is 6.05. The van der Waals surface area contributed by atoms with E-state index in [2.05, 4.69) is 45.9 Å². The van der Waals surface area contributed by atoms with E-state index in [4.69, 9.17) is 5.53 Å². The molecule has 0 aliphatic rings. The smallest absolute Gasteiger partial charge is 0.264 e. The highest BCUT2D eigenvalue weighted by atomic mass is 79.9. The second-order valence-corrected chi connectivity index (χ2v) is 4.58. The van der Waals surface area contributed by atoms with E-state index in [1.807, 2.05) is 0 Å². The molecule has 3 heterocycles. The molecule has 0 fully saturated rings. The maximum absolute atomic E-state index is 12.0. The Morgan fingerprint density at radius 2 is 2.25 bits per heavy atom. The molecule has 0 saturated carbocycles. The predicted molar refractivity (Wildman–Crippen MR) is 73.2 cm³/mol. The van der Waals surface area contributed by atoms with E-state index in [1.54, 1.807) is 0 Å². The van der Waals surface area contributed by atoms with Crippen molar-refractivity contribution in [2.75, 3.05) is 0 Å². The average molecular weight is 334 g/mol. The molecule has 3 aromatic heterocycles. The van der Waals surface area contributed by atoms with Crippen molar-refractivity contribution in [3.05, 3.63) is 43.4 Å². The summed E-state index contributed by atoms with van der Waals surface area (Å²) in [5, 5.41) is 3.87. The fourth-order valence-electron chi connectivity index (χ4n) is 1.94. The van der Waals surface area contributed by atoms with Gasteiger partial charge in [-0.15, -0.1) is 0 Å². The lowest BCUT2D eigenvalue weighted by atomic mass is 10.1. The number of aromatic nitrogens is 4. The number of nitrogens with one attached hydrogen (secondary N) is 2. The van der Waals surface area contributed by atoms with Crippen molar-refractivity contribution >= 4 is 43.9 Å². The minimum absolute atomic E-state index is 0.0335. The van der Waals surface area contributed by atoms with Gasteiger partial charge in [-0.25, -0.2) is 9.97 Å². The van der Waals surface area contributed by atoms with Crippen LogP contribution in [0.3, 0.4) is 0 Å². The molecule has 20 heavy (non-hydrogen) atoms. The average Bonchev–Trinajstić information content (AvgIpc) is 2.79. The zero-order valence-corrected chi connectivity index (χ0v) is 11.2. The number of carbonyl (C=O) groups excluding carboxylic acids is 1. The van der Waals surface area contributed by atoms with Crippen molar-refractivity contribution in [2.24, 2.45) is 5.11 Å². The Labute approximate surface area is 117 Å². The van der Waals surface area contributed by atoms with Crippen LogP contribution < -0.4 is 5.56 Å². The van der Waals surface area contributed by atoms with Crippen LogP contribution in [0, 0.1) is 0 Å². The Morgan fingerprint density at radius 1 is 1.45 bits per heavy atom. The van der Waals surface area contributed by atoms with Gasteiger partial charge in [-0.1, -0.05) is 0 Å². The van der Waals surface area contributed by atoms with Crippen LogP contribution in [-0.2, 0) is 0 Å². The Balaban J connectivity index is 2.64. The molecule has 98 valence electrons. The van der Waals surface area contributed by atoms with Gasteiger partial charge in [0.15, 0.2) is 5.65 Å². The van der Waals surface area contributed by atoms with Crippen LogP contribution in [0.5, 0.6) is 0 Å². The molecule has 0 aromatic carbocycles. The lowest BCUT2D eigenvalue weighted by molar-refractivity contribution is 0.100. The summed E-state index contributed by atoms with van der Waals surface area (Å²) in [6.07, 6.45) is 2.78. The Hall–Kier alpha value is -2.71. The molecule has 3 aromatic rings. The number of azide groups is 1. The zero-order chi connectivity index (χ0) is 14.3. The number of halogens is 1. The highest BCUT2D eigenvalue weighted by molar-refractivity contribution is 9.10. The van der Waals surface area contributed by atoms with Gasteiger partial charge < -0.3 is 9.97 Å². The van der Waals surface area contributed by atoms with Gasteiger partial charge in [-0.2, -0.15) is 0 Å². The van der Waals surface area contributed by atoms with Crippen LogP contribution in [-0.4, -0.2) is 25.8 Å². The van der Waals surface area contributed by atoms with Gasteiger partial charge in [0.05, 0.1) is 21.7 Å². The first kappa shape index (κ1) is 12.3. The van der Waals surface area contributed by atoms with Crippen molar-refractivity contribution in [1.29, 1.82) is 0 Å². The lowest BCUT2D eigenvalue weighted by Gasteiger charge is -1.95. The summed E-state index contributed by atoms with van der Waals surface area (Å²) in [7, 11) is 0. The van der Waals surface area contributed by atoms with Gasteiger partial charge in [0, 0.05) is 16.5 Å².